The van der Waals surface area contributed by atoms with E-state index < -0.39 is 5.54 Å². The van der Waals surface area contributed by atoms with Gasteiger partial charge in [-0.3, -0.25) is 4.79 Å². The first-order chi connectivity index (χ1) is 7.95. The number of rotatable bonds is 6. The molecule has 3 unspecified atom stereocenters. The highest BCUT2D eigenvalue weighted by Gasteiger charge is 2.34. The van der Waals surface area contributed by atoms with Crippen molar-refractivity contribution >= 4 is 5.91 Å². The number of nitrogens with two attached hydrogens (primary N) is 1. The summed E-state index contributed by atoms with van der Waals surface area (Å²) < 4.78 is 0. The number of carbonyl (C=O) groups excluding carboxylic acids is 1. The Balaban J connectivity index is 4.77. The molecule has 0 aliphatic rings. The van der Waals surface area contributed by atoms with Crippen LogP contribution in [0, 0.1) is 5.41 Å². The summed E-state index contributed by atoms with van der Waals surface area (Å²) in [5.74, 6) is -0.298. The Bertz CT molecular complexity index is 285. The molecule has 0 bridgehead atoms. The van der Waals surface area contributed by atoms with E-state index in [2.05, 4.69) is 51.9 Å². The van der Waals surface area contributed by atoms with E-state index >= 15 is 0 Å². The molecular formula is C14H31N3O. The molecule has 0 fully saturated rings. The fourth-order valence-electron chi connectivity index (χ4n) is 2.05. The molecule has 0 aromatic rings. The van der Waals surface area contributed by atoms with Gasteiger partial charge in [-0.15, -0.1) is 0 Å². The molecule has 1 amide bonds. The Morgan fingerprint density at radius 2 is 1.72 bits per heavy atom. The van der Waals surface area contributed by atoms with Crippen molar-refractivity contribution in [2.24, 2.45) is 11.1 Å². The zero-order valence-electron chi connectivity index (χ0n) is 13.3. The third-order valence-electron chi connectivity index (χ3n) is 4.36. The van der Waals surface area contributed by atoms with Crippen molar-refractivity contribution in [2.75, 3.05) is 14.1 Å². The second-order valence-corrected chi connectivity index (χ2v) is 6.71. The highest BCUT2D eigenvalue weighted by molar-refractivity contribution is 5.84. The molecule has 0 aromatic carbocycles. The highest BCUT2D eigenvalue weighted by Crippen LogP contribution is 2.26. The van der Waals surface area contributed by atoms with Gasteiger partial charge in [-0.25, -0.2) is 0 Å². The normalized spacial score (nSPS) is 19.4. The Morgan fingerprint density at radius 3 is 2.00 bits per heavy atom. The van der Waals surface area contributed by atoms with Crippen molar-refractivity contribution in [3.8, 4) is 0 Å². The van der Waals surface area contributed by atoms with Gasteiger partial charge in [-0.2, -0.15) is 0 Å². The van der Waals surface area contributed by atoms with Crippen molar-refractivity contribution in [3.05, 3.63) is 0 Å². The van der Waals surface area contributed by atoms with Crippen LogP contribution in [0.15, 0.2) is 0 Å². The molecule has 108 valence electrons. The topological polar surface area (TPSA) is 58.4 Å². The summed E-state index contributed by atoms with van der Waals surface area (Å²) in [6.45, 7) is 12.9. The van der Waals surface area contributed by atoms with Gasteiger partial charge in [0.25, 0.3) is 0 Å². The van der Waals surface area contributed by atoms with E-state index in [9.17, 15) is 4.79 Å². The zero-order chi connectivity index (χ0) is 14.7. The first kappa shape index (κ1) is 17.4. The third kappa shape index (κ3) is 4.25. The molecule has 0 radical (unpaired) electrons. The minimum atomic E-state index is -0.648. The molecule has 0 aliphatic heterocycles. The zero-order valence-corrected chi connectivity index (χ0v) is 13.3. The third-order valence-corrected chi connectivity index (χ3v) is 4.36. The van der Waals surface area contributed by atoms with Crippen LogP contribution >= 0.6 is 0 Å². The van der Waals surface area contributed by atoms with Gasteiger partial charge in [0.2, 0.25) is 5.91 Å². The molecule has 0 saturated carbocycles. The molecular weight excluding hydrogens is 226 g/mol. The van der Waals surface area contributed by atoms with Crippen molar-refractivity contribution in [1.82, 2.24) is 10.2 Å². The summed E-state index contributed by atoms with van der Waals surface area (Å²) in [5.41, 5.74) is 5.04. The number of likely N-dealkylation sites (N-methyl/N-ethyl adjacent to an activating group) is 1. The van der Waals surface area contributed by atoms with Crippen molar-refractivity contribution in [2.45, 2.75) is 65.6 Å². The minimum Gasteiger partial charge on any atom is -0.368 e. The van der Waals surface area contributed by atoms with Crippen LogP contribution in [0.4, 0.5) is 0 Å². The smallest absolute Gasteiger partial charge is 0.237 e. The van der Waals surface area contributed by atoms with Gasteiger partial charge < -0.3 is 16.0 Å². The standard InChI is InChI=1S/C14H31N3O/c1-10(9-14(6,16-7)12(15)18)17(8)11(2)13(3,4)5/h10-11,16H,9H2,1-8H3,(H2,15,18). The molecule has 0 aromatic heterocycles. The quantitative estimate of drug-likeness (QED) is 0.760. The maximum atomic E-state index is 11.5. The molecule has 18 heavy (non-hydrogen) atoms. The molecule has 4 nitrogen and oxygen atoms in total. The summed E-state index contributed by atoms with van der Waals surface area (Å²) >= 11 is 0. The molecule has 3 N–H and O–H groups in total. The Hall–Kier alpha value is -0.610. The average molecular weight is 257 g/mol. The molecule has 3 atom stereocenters. The largest absolute Gasteiger partial charge is 0.368 e. The van der Waals surface area contributed by atoms with Gasteiger partial charge >= 0.3 is 0 Å². The van der Waals surface area contributed by atoms with Crippen molar-refractivity contribution < 1.29 is 4.79 Å². The lowest BCUT2D eigenvalue weighted by atomic mass is 9.85. The molecule has 0 rings (SSSR count). The van der Waals surface area contributed by atoms with Crippen LogP contribution in [0.3, 0.4) is 0 Å². The fraction of sp³-hybridized carbons (Fsp3) is 0.929. The molecule has 0 spiro atoms. The summed E-state index contributed by atoms with van der Waals surface area (Å²) in [6.07, 6.45) is 0.704. The lowest BCUT2D eigenvalue weighted by Crippen LogP contribution is -2.56. The van der Waals surface area contributed by atoms with E-state index in [1.807, 2.05) is 6.92 Å². The average Bonchev–Trinajstić information content (AvgIpc) is 2.25. The second kappa shape index (κ2) is 6.02. The lowest BCUT2D eigenvalue weighted by Gasteiger charge is -2.41. The van der Waals surface area contributed by atoms with Gasteiger partial charge in [-0.05, 0) is 46.7 Å². The van der Waals surface area contributed by atoms with Gasteiger partial charge in [0, 0.05) is 12.1 Å². The minimum absolute atomic E-state index is 0.214. The van der Waals surface area contributed by atoms with E-state index in [0.717, 1.165) is 0 Å². The fourth-order valence-corrected chi connectivity index (χ4v) is 2.05. The number of nitrogens with zero attached hydrogens (tertiary/aromatic N) is 1. The van der Waals surface area contributed by atoms with Crippen LogP contribution in [-0.4, -0.2) is 42.5 Å². The molecule has 0 saturated heterocycles. The van der Waals surface area contributed by atoms with Crippen LogP contribution in [0.25, 0.3) is 0 Å². The van der Waals surface area contributed by atoms with Crippen LogP contribution in [0.5, 0.6) is 0 Å². The van der Waals surface area contributed by atoms with E-state index in [1.165, 1.54) is 0 Å². The molecule has 0 heterocycles. The predicted molar refractivity (Wildman–Crippen MR) is 77.4 cm³/mol. The van der Waals surface area contributed by atoms with Crippen LogP contribution < -0.4 is 11.1 Å². The van der Waals surface area contributed by atoms with Crippen molar-refractivity contribution in [1.29, 1.82) is 0 Å². The van der Waals surface area contributed by atoms with Crippen LogP contribution in [0.1, 0.15) is 48.0 Å². The summed E-state index contributed by atoms with van der Waals surface area (Å²) in [6, 6.07) is 0.714. The number of hydrogen-bond acceptors (Lipinski definition) is 3. The number of primary amides is 1. The number of carbonyl (C=O) groups is 1. The summed E-state index contributed by atoms with van der Waals surface area (Å²) in [5, 5.41) is 3.04. The highest BCUT2D eigenvalue weighted by atomic mass is 16.1. The summed E-state index contributed by atoms with van der Waals surface area (Å²) in [7, 11) is 3.89. The van der Waals surface area contributed by atoms with Crippen LogP contribution in [0.2, 0.25) is 0 Å². The Labute approximate surface area is 112 Å². The van der Waals surface area contributed by atoms with Gasteiger partial charge in [0.05, 0.1) is 5.54 Å². The van der Waals surface area contributed by atoms with E-state index in [4.69, 9.17) is 5.73 Å². The van der Waals surface area contributed by atoms with Crippen molar-refractivity contribution in [3.63, 3.8) is 0 Å². The Kier molecular flexibility index (Phi) is 5.82. The van der Waals surface area contributed by atoms with Gasteiger partial charge in [0.15, 0.2) is 0 Å². The maximum Gasteiger partial charge on any atom is 0.237 e. The molecule has 4 heteroatoms. The number of nitrogens with one attached hydrogen (secondary N) is 1. The maximum absolute atomic E-state index is 11.5. The van der Waals surface area contributed by atoms with Crippen LogP contribution in [-0.2, 0) is 4.79 Å². The summed E-state index contributed by atoms with van der Waals surface area (Å²) in [4.78, 5) is 13.8. The lowest BCUT2D eigenvalue weighted by molar-refractivity contribution is -0.124. The SMILES string of the molecule is CNC(C)(CC(C)N(C)C(C)C(C)(C)C)C(N)=O. The number of hydrogen-bond donors (Lipinski definition) is 2. The monoisotopic (exact) mass is 257 g/mol. The second-order valence-electron chi connectivity index (χ2n) is 6.71. The van der Waals surface area contributed by atoms with E-state index in [-0.39, 0.29) is 17.4 Å². The van der Waals surface area contributed by atoms with Gasteiger partial charge in [-0.1, -0.05) is 20.8 Å². The molecule has 0 aliphatic carbocycles. The van der Waals surface area contributed by atoms with E-state index in [1.54, 1.807) is 7.05 Å². The predicted octanol–water partition coefficient (Wildman–Crippen LogP) is 1.59. The number of amides is 1. The Morgan fingerprint density at radius 1 is 1.28 bits per heavy atom. The first-order valence-corrected chi connectivity index (χ1v) is 6.66. The van der Waals surface area contributed by atoms with Gasteiger partial charge in [0.1, 0.15) is 0 Å². The first-order valence-electron chi connectivity index (χ1n) is 6.66. The van der Waals surface area contributed by atoms with E-state index in [0.29, 0.717) is 12.5 Å².